The number of benzene rings is 1. The summed E-state index contributed by atoms with van der Waals surface area (Å²) in [7, 11) is 0. The number of hydrogen-bond donors (Lipinski definition) is 1. The van der Waals surface area contributed by atoms with Gasteiger partial charge < -0.3 is 5.21 Å². The summed E-state index contributed by atoms with van der Waals surface area (Å²) in [5.74, 6) is 0. The molecule has 1 aromatic rings. The molecule has 0 amide bonds. The molecule has 1 atom stereocenters. The van der Waals surface area contributed by atoms with Crippen molar-refractivity contribution in [3.63, 3.8) is 0 Å². The first-order chi connectivity index (χ1) is 9.17. The standard InChI is InChI=1S/C12H14Cl2N4O/c1-2-9-5-3-4-6-10(9)11(16-19)12(13)18-8-17(14)7-15-18/h3-7,12,19H,2,8H2,1H3. The van der Waals surface area contributed by atoms with E-state index in [1.807, 2.05) is 31.2 Å². The van der Waals surface area contributed by atoms with Gasteiger partial charge in [-0.25, -0.2) is 0 Å². The highest BCUT2D eigenvalue weighted by Gasteiger charge is 2.27. The Morgan fingerprint density at radius 1 is 1.53 bits per heavy atom. The van der Waals surface area contributed by atoms with Gasteiger partial charge >= 0.3 is 0 Å². The van der Waals surface area contributed by atoms with E-state index in [-0.39, 0.29) is 0 Å². The fourth-order valence-electron chi connectivity index (χ4n) is 1.91. The van der Waals surface area contributed by atoms with Crippen LogP contribution in [0.2, 0.25) is 0 Å². The van der Waals surface area contributed by atoms with Crippen molar-refractivity contribution < 1.29 is 5.21 Å². The number of hydrogen-bond acceptors (Lipinski definition) is 5. The minimum atomic E-state index is -0.683. The van der Waals surface area contributed by atoms with E-state index in [0.717, 1.165) is 17.5 Å². The third-order valence-corrected chi connectivity index (χ3v) is 3.50. The van der Waals surface area contributed by atoms with Crippen LogP contribution in [0.4, 0.5) is 0 Å². The largest absolute Gasteiger partial charge is 0.411 e. The molecule has 1 aromatic carbocycles. The zero-order valence-electron chi connectivity index (χ0n) is 10.4. The Morgan fingerprint density at radius 2 is 2.26 bits per heavy atom. The molecule has 1 unspecified atom stereocenters. The molecule has 2 rings (SSSR count). The van der Waals surface area contributed by atoms with Crippen molar-refractivity contribution in [1.82, 2.24) is 9.43 Å². The van der Waals surface area contributed by atoms with Crippen LogP contribution in [-0.4, -0.2) is 38.9 Å². The molecule has 102 valence electrons. The van der Waals surface area contributed by atoms with E-state index in [2.05, 4.69) is 10.3 Å². The second-order valence-corrected chi connectivity index (χ2v) is 4.89. The van der Waals surface area contributed by atoms with Crippen molar-refractivity contribution in [2.45, 2.75) is 18.8 Å². The summed E-state index contributed by atoms with van der Waals surface area (Å²) < 4.78 is 1.37. The summed E-state index contributed by atoms with van der Waals surface area (Å²) in [4.78, 5) is 0. The second kappa shape index (κ2) is 6.12. The zero-order valence-corrected chi connectivity index (χ0v) is 11.9. The monoisotopic (exact) mass is 300 g/mol. The Hall–Kier alpha value is -1.46. The lowest BCUT2D eigenvalue weighted by atomic mass is 10.0. The van der Waals surface area contributed by atoms with Crippen molar-refractivity contribution in [3.8, 4) is 0 Å². The Labute approximate surface area is 121 Å². The third-order valence-electron chi connectivity index (χ3n) is 2.87. The van der Waals surface area contributed by atoms with Crippen LogP contribution >= 0.6 is 23.4 Å². The van der Waals surface area contributed by atoms with Gasteiger partial charge in [0.25, 0.3) is 0 Å². The van der Waals surface area contributed by atoms with Gasteiger partial charge in [-0.1, -0.05) is 47.9 Å². The Balaban J connectivity index is 2.28. The maximum Gasteiger partial charge on any atom is 0.168 e. The molecule has 1 aliphatic rings. The van der Waals surface area contributed by atoms with Crippen molar-refractivity contribution in [2.75, 3.05) is 6.67 Å². The van der Waals surface area contributed by atoms with Crippen LogP contribution in [0.1, 0.15) is 18.1 Å². The first-order valence-electron chi connectivity index (χ1n) is 5.84. The van der Waals surface area contributed by atoms with Gasteiger partial charge in [0.1, 0.15) is 18.7 Å². The van der Waals surface area contributed by atoms with Crippen molar-refractivity contribution >= 4 is 35.4 Å². The zero-order chi connectivity index (χ0) is 13.8. The molecule has 0 radical (unpaired) electrons. The summed E-state index contributed by atoms with van der Waals surface area (Å²) >= 11 is 12.1. The van der Waals surface area contributed by atoms with E-state index >= 15 is 0 Å². The van der Waals surface area contributed by atoms with Gasteiger partial charge in [0, 0.05) is 17.3 Å². The number of oxime groups is 1. The number of rotatable bonds is 4. The van der Waals surface area contributed by atoms with Crippen LogP contribution < -0.4 is 0 Å². The summed E-state index contributed by atoms with van der Waals surface area (Å²) in [6.45, 7) is 2.37. The molecule has 7 heteroatoms. The molecule has 0 saturated heterocycles. The van der Waals surface area contributed by atoms with E-state index in [4.69, 9.17) is 23.4 Å². The SMILES string of the molecule is CCc1ccccc1C(=NO)C(Cl)N1CN(Cl)C=N1. The molecule has 19 heavy (non-hydrogen) atoms. The number of nitrogens with zero attached hydrogens (tertiary/aromatic N) is 4. The lowest BCUT2D eigenvalue weighted by molar-refractivity contribution is 0.279. The van der Waals surface area contributed by atoms with Crippen LogP contribution in [0.5, 0.6) is 0 Å². The maximum atomic E-state index is 9.27. The minimum Gasteiger partial charge on any atom is -0.411 e. The van der Waals surface area contributed by atoms with Crippen molar-refractivity contribution in [3.05, 3.63) is 35.4 Å². The van der Waals surface area contributed by atoms with Gasteiger partial charge in [-0.3, -0.25) is 9.43 Å². The number of alkyl halides is 1. The van der Waals surface area contributed by atoms with Crippen molar-refractivity contribution in [1.29, 1.82) is 0 Å². The van der Waals surface area contributed by atoms with E-state index in [1.165, 1.54) is 15.8 Å². The topological polar surface area (TPSA) is 51.4 Å². The molecule has 1 N–H and O–H groups in total. The first-order valence-corrected chi connectivity index (χ1v) is 6.62. The van der Waals surface area contributed by atoms with Crippen LogP contribution in [0.25, 0.3) is 0 Å². The van der Waals surface area contributed by atoms with Gasteiger partial charge in [-0.2, -0.15) is 5.10 Å². The number of hydrazone groups is 1. The Bertz CT molecular complexity index is 506. The van der Waals surface area contributed by atoms with E-state index in [9.17, 15) is 5.21 Å². The minimum absolute atomic E-state index is 0.336. The molecule has 0 fully saturated rings. The molecule has 5 nitrogen and oxygen atoms in total. The molecule has 0 saturated carbocycles. The fraction of sp³-hybridized carbons (Fsp3) is 0.333. The van der Waals surface area contributed by atoms with Gasteiger partial charge in [0.05, 0.1) is 0 Å². The van der Waals surface area contributed by atoms with E-state index in [0.29, 0.717) is 12.4 Å². The molecular weight excluding hydrogens is 287 g/mol. The average molecular weight is 301 g/mol. The lowest BCUT2D eigenvalue weighted by Gasteiger charge is -2.22. The Morgan fingerprint density at radius 3 is 2.84 bits per heavy atom. The summed E-state index contributed by atoms with van der Waals surface area (Å²) in [6.07, 6.45) is 2.28. The number of aryl methyl sites for hydroxylation is 1. The fourth-order valence-corrected chi connectivity index (χ4v) is 2.34. The molecule has 0 spiro atoms. The summed E-state index contributed by atoms with van der Waals surface area (Å²) in [6, 6.07) is 7.67. The average Bonchev–Trinajstić information content (AvgIpc) is 2.86. The lowest BCUT2D eigenvalue weighted by Crippen LogP contribution is -2.35. The normalized spacial score (nSPS) is 17.1. The van der Waals surface area contributed by atoms with Crippen LogP contribution in [0.15, 0.2) is 34.5 Å². The van der Waals surface area contributed by atoms with Crippen LogP contribution in [0.3, 0.4) is 0 Å². The molecule has 0 aliphatic carbocycles. The van der Waals surface area contributed by atoms with Gasteiger partial charge in [0.15, 0.2) is 5.50 Å². The summed E-state index contributed by atoms with van der Waals surface area (Å²) in [5, 5.41) is 18.2. The number of halogens is 2. The highest BCUT2D eigenvalue weighted by molar-refractivity contribution is 6.35. The smallest absolute Gasteiger partial charge is 0.168 e. The van der Waals surface area contributed by atoms with Gasteiger partial charge in [-0.05, 0) is 12.0 Å². The first kappa shape index (κ1) is 14.0. The molecule has 1 aliphatic heterocycles. The molecular formula is C12H14Cl2N4O. The Kier molecular flexibility index (Phi) is 4.50. The van der Waals surface area contributed by atoms with Crippen LogP contribution in [-0.2, 0) is 6.42 Å². The summed E-state index contributed by atoms with van der Waals surface area (Å²) in [5.41, 5.74) is 1.56. The highest BCUT2D eigenvalue weighted by atomic mass is 35.5. The highest BCUT2D eigenvalue weighted by Crippen LogP contribution is 2.20. The van der Waals surface area contributed by atoms with Crippen LogP contribution in [0, 0.1) is 0 Å². The predicted molar refractivity (Wildman–Crippen MR) is 76.7 cm³/mol. The predicted octanol–water partition coefficient (Wildman–Crippen LogP) is 2.66. The van der Waals surface area contributed by atoms with E-state index in [1.54, 1.807) is 0 Å². The molecule has 1 heterocycles. The third kappa shape index (κ3) is 2.93. The van der Waals surface area contributed by atoms with Gasteiger partial charge in [-0.15, -0.1) is 0 Å². The second-order valence-electron chi connectivity index (χ2n) is 4.04. The maximum absolute atomic E-state index is 9.27. The molecule has 0 bridgehead atoms. The van der Waals surface area contributed by atoms with Crippen molar-refractivity contribution in [2.24, 2.45) is 10.3 Å². The van der Waals surface area contributed by atoms with Gasteiger partial charge in [0.2, 0.25) is 0 Å². The quantitative estimate of drug-likeness (QED) is 0.232. The van der Waals surface area contributed by atoms with E-state index < -0.39 is 5.50 Å². The molecule has 0 aromatic heterocycles.